The molecule has 0 amide bonds. The van der Waals surface area contributed by atoms with Crippen LogP contribution in [0.1, 0.15) is 29.1 Å². The van der Waals surface area contributed by atoms with Crippen LogP contribution >= 0.6 is 11.3 Å². The van der Waals surface area contributed by atoms with Crippen molar-refractivity contribution < 1.29 is 4.79 Å². The summed E-state index contributed by atoms with van der Waals surface area (Å²) < 4.78 is 0. The number of benzene rings is 1. The summed E-state index contributed by atoms with van der Waals surface area (Å²) in [5, 5.41) is 1.11. The summed E-state index contributed by atoms with van der Waals surface area (Å²) in [6.07, 6.45) is 0. The number of anilines is 1. The van der Waals surface area contributed by atoms with E-state index in [1.807, 2.05) is 38.1 Å². The second-order valence-electron chi connectivity index (χ2n) is 6.79. The zero-order valence-corrected chi connectivity index (χ0v) is 15.7. The van der Waals surface area contributed by atoms with Gasteiger partial charge in [-0.3, -0.25) is 4.79 Å². The van der Waals surface area contributed by atoms with Crippen LogP contribution < -0.4 is 4.90 Å². The first-order chi connectivity index (χ1) is 11.5. The Morgan fingerprint density at radius 2 is 1.75 bits per heavy atom. The number of thiazole rings is 1. The maximum absolute atomic E-state index is 12.1. The Labute approximate surface area is 148 Å². The van der Waals surface area contributed by atoms with Crippen molar-refractivity contribution in [2.75, 3.05) is 38.1 Å². The van der Waals surface area contributed by atoms with Crippen molar-refractivity contribution in [2.24, 2.45) is 5.92 Å². The predicted octanol–water partition coefficient (Wildman–Crippen LogP) is 3.71. The second kappa shape index (κ2) is 7.03. The van der Waals surface area contributed by atoms with Gasteiger partial charge in [0.15, 0.2) is 10.9 Å². The van der Waals surface area contributed by atoms with Crippen LogP contribution in [0.2, 0.25) is 0 Å². The Hall–Kier alpha value is -1.72. The maximum Gasteiger partial charge on any atom is 0.186 e. The fraction of sp³-hybridized carbons (Fsp3) is 0.474. The van der Waals surface area contributed by atoms with Crippen LogP contribution in [0.25, 0.3) is 11.3 Å². The van der Waals surface area contributed by atoms with Gasteiger partial charge in [0, 0.05) is 48.1 Å². The van der Waals surface area contributed by atoms with E-state index in [-0.39, 0.29) is 11.7 Å². The molecule has 3 rings (SSSR count). The summed E-state index contributed by atoms with van der Waals surface area (Å²) in [5.41, 5.74) is 2.91. The van der Waals surface area contributed by atoms with Gasteiger partial charge in [-0.25, -0.2) is 4.98 Å². The van der Waals surface area contributed by atoms with Gasteiger partial charge in [-0.15, -0.1) is 11.3 Å². The number of nitrogens with zero attached hydrogens (tertiary/aromatic N) is 3. The van der Waals surface area contributed by atoms with Crippen molar-refractivity contribution in [1.82, 2.24) is 9.88 Å². The monoisotopic (exact) mass is 343 g/mol. The first-order valence-electron chi connectivity index (χ1n) is 8.51. The topological polar surface area (TPSA) is 36.4 Å². The Morgan fingerprint density at radius 1 is 1.12 bits per heavy atom. The summed E-state index contributed by atoms with van der Waals surface area (Å²) in [6.45, 7) is 10.2. The number of ketones is 1. The molecule has 128 valence electrons. The molecule has 1 aliphatic rings. The average Bonchev–Trinajstić information content (AvgIpc) is 2.96. The van der Waals surface area contributed by atoms with Crippen LogP contribution in [0.4, 0.5) is 5.13 Å². The van der Waals surface area contributed by atoms with E-state index in [2.05, 4.69) is 23.8 Å². The van der Waals surface area contributed by atoms with E-state index in [1.165, 1.54) is 4.88 Å². The Morgan fingerprint density at radius 3 is 2.33 bits per heavy atom. The number of aromatic nitrogens is 1. The first-order valence-corrected chi connectivity index (χ1v) is 9.33. The van der Waals surface area contributed by atoms with E-state index in [9.17, 15) is 4.79 Å². The number of aryl methyl sites for hydroxylation is 1. The lowest BCUT2D eigenvalue weighted by atomic mass is 9.99. The van der Waals surface area contributed by atoms with Gasteiger partial charge in [-0.1, -0.05) is 38.1 Å². The highest BCUT2D eigenvalue weighted by Gasteiger charge is 2.19. The third kappa shape index (κ3) is 3.52. The van der Waals surface area contributed by atoms with Crippen molar-refractivity contribution in [3.05, 3.63) is 34.7 Å². The van der Waals surface area contributed by atoms with Crippen molar-refractivity contribution >= 4 is 22.3 Å². The molecule has 0 N–H and O–H groups in total. The number of piperazine rings is 1. The number of carbonyl (C=O) groups excluding carboxylic acids is 1. The van der Waals surface area contributed by atoms with Crippen LogP contribution in [0.5, 0.6) is 0 Å². The highest BCUT2D eigenvalue weighted by molar-refractivity contribution is 7.16. The average molecular weight is 343 g/mol. The maximum atomic E-state index is 12.1. The molecular weight excluding hydrogens is 318 g/mol. The molecule has 0 unspecified atom stereocenters. The predicted molar refractivity (Wildman–Crippen MR) is 101 cm³/mol. The minimum absolute atomic E-state index is 0.0284. The lowest BCUT2D eigenvalue weighted by Gasteiger charge is -2.32. The Balaban J connectivity index is 1.81. The molecule has 4 nitrogen and oxygen atoms in total. The molecular formula is C19H25N3OS. The number of hydrogen-bond acceptors (Lipinski definition) is 5. The quantitative estimate of drug-likeness (QED) is 0.793. The Kier molecular flexibility index (Phi) is 5.01. The number of hydrogen-bond donors (Lipinski definition) is 0. The number of Topliss-reactive ketones (excluding diaryl/α,β-unsaturated/α-hetero) is 1. The van der Waals surface area contributed by atoms with E-state index < -0.39 is 0 Å². The van der Waals surface area contributed by atoms with Crippen LogP contribution in [-0.2, 0) is 0 Å². The van der Waals surface area contributed by atoms with E-state index >= 15 is 0 Å². The minimum Gasteiger partial charge on any atom is -0.346 e. The molecule has 1 aromatic carbocycles. The molecule has 1 saturated heterocycles. The van der Waals surface area contributed by atoms with E-state index in [1.54, 1.807) is 11.3 Å². The summed E-state index contributed by atoms with van der Waals surface area (Å²) in [4.78, 5) is 22.9. The largest absolute Gasteiger partial charge is 0.346 e. The van der Waals surface area contributed by atoms with Crippen LogP contribution in [0.15, 0.2) is 24.3 Å². The van der Waals surface area contributed by atoms with Gasteiger partial charge in [-0.05, 0) is 14.0 Å². The van der Waals surface area contributed by atoms with E-state index in [4.69, 9.17) is 4.98 Å². The van der Waals surface area contributed by atoms with E-state index in [0.29, 0.717) is 0 Å². The summed E-state index contributed by atoms with van der Waals surface area (Å²) >= 11 is 1.76. The molecule has 0 radical (unpaired) electrons. The summed E-state index contributed by atoms with van der Waals surface area (Å²) in [7, 11) is 2.16. The molecule has 24 heavy (non-hydrogen) atoms. The highest BCUT2D eigenvalue weighted by Crippen LogP contribution is 2.33. The van der Waals surface area contributed by atoms with Crippen LogP contribution in [-0.4, -0.2) is 48.9 Å². The van der Waals surface area contributed by atoms with Crippen molar-refractivity contribution in [1.29, 1.82) is 0 Å². The van der Waals surface area contributed by atoms with Crippen molar-refractivity contribution in [2.45, 2.75) is 20.8 Å². The zero-order valence-electron chi connectivity index (χ0n) is 14.9. The van der Waals surface area contributed by atoms with Gasteiger partial charge in [-0.2, -0.15) is 0 Å². The minimum atomic E-state index is 0.0284. The lowest BCUT2D eigenvalue weighted by molar-refractivity contribution is 0.0939. The molecule has 2 heterocycles. The molecule has 1 aliphatic heterocycles. The number of likely N-dealkylation sites (N-methyl/N-ethyl adjacent to an activating group) is 1. The third-order valence-corrected chi connectivity index (χ3v) is 5.56. The molecule has 1 fully saturated rings. The summed E-state index contributed by atoms with van der Waals surface area (Å²) in [6, 6.07) is 7.88. The second-order valence-corrected chi connectivity index (χ2v) is 7.97. The molecule has 0 aliphatic carbocycles. The van der Waals surface area contributed by atoms with Crippen LogP contribution in [0, 0.1) is 12.8 Å². The smallest absolute Gasteiger partial charge is 0.186 e. The highest BCUT2D eigenvalue weighted by atomic mass is 32.1. The number of rotatable bonds is 4. The number of carbonyl (C=O) groups is 1. The van der Waals surface area contributed by atoms with Crippen LogP contribution in [0.3, 0.4) is 0 Å². The normalized spacial score (nSPS) is 16.0. The molecule has 0 atom stereocenters. The summed E-state index contributed by atoms with van der Waals surface area (Å²) in [5.74, 6) is 0.218. The zero-order chi connectivity index (χ0) is 17.3. The lowest BCUT2D eigenvalue weighted by Crippen LogP contribution is -2.44. The van der Waals surface area contributed by atoms with Gasteiger partial charge < -0.3 is 9.80 Å². The molecule has 1 aromatic heterocycles. The standard InChI is InChI=1S/C19H25N3OS/c1-13(2)18(23)16-7-5-15(6-8-16)17-14(3)24-19(20-17)22-11-9-21(4)10-12-22/h5-8,13H,9-12H2,1-4H3. The molecule has 0 saturated carbocycles. The van der Waals surface area contributed by atoms with Gasteiger partial charge in [0.2, 0.25) is 0 Å². The molecule has 0 bridgehead atoms. The van der Waals surface area contributed by atoms with Gasteiger partial charge in [0.1, 0.15) is 0 Å². The third-order valence-electron chi connectivity index (χ3n) is 4.53. The molecule has 5 heteroatoms. The fourth-order valence-electron chi connectivity index (χ4n) is 2.91. The van der Waals surface area contributed by atoms with Gasteiger partial charge >= 0.3 is 0 Å². The SMILES string of the molecule is Cc1sc(N2CCN(C)CC2)nc1-c1ccc(C(=O)C(C)C)cc1. The van der Waals surface area contributed by atoms with Crippen molar-refractivity contribution in [3.63, 3.8) is 0 Å². The van der Waals surface area contributed by atoms with E-state index in [0.717, 1.165) is 48.1 Å². The van der Waals surface area contributed by atoms with Gasteiger partial charge in [0.05, 0.1) is 5.69 Å². The first kappa shape index (κ1) is 17.1. The fourth-order valence-corrected chi connectivity index (χ4v) is 3.89. The Bertz CT molecular complexity index is 713. The molecule has 2 aromatic rings. The van der Waals surface area contributed by atoms with Crippen molar-refractivity contribution in [3.8, 4) is 11.3 Å². The van der Waals surface area contributed by atoms with Gasteiger partial charge in [0.25, 0.3) is 0 Å². The molecule has 0 spiro atoms.